The minimum atomic E-state index is -0.365. The van der Waals surface area contributed by atoms with Crippen LogP contribution in [0.5, 0.6) is 5.75 Å². The molecule has 0 saturated carbocycles. The molecule has 3 unspecified atom stereocenters. The molecule has 1 aromatic rings. The van der Waals surface area contributed by atoms with E-state index in [9.17, 15) is 4.39 Å². The average Bonchev–Trinajstić information content (AvgIpc) is 2.73. The number of ether oxygens (including phenoxy) is 2. The molecule has 0 bridgehead atoms. The number of benzene rings is 1. The van der Waals surface area contributed by atoms with Crippen LogP contribution in [0, 0.1) is 5.82 Å². The first-order chi connectivity index (χ1) is 8.56. The molecule has 1 saturated heterocycles. The normalized spacial score (nSPS) is 25.1. The van der Waals surface area contributed by atoms with Crippen molar-refractivity contribution in [2.24, 2.45) is 5.73 Å². The number of nitrogens with two attached hydrogens (primary N) is 1. The van der Waals surface area contributed by atoms with Crippen molar-refractivity contribution in [1.29, 1.82) is 0 Å². The maximum absolute atomic E-state index is 13.7. The van der Waals surface area contributed by atoms with Crippen LogP contribution in [-0.2, 0) is 4.74 Å². The zero-order chi connectivity index (χ0) is 13.1. The van der Waals surface area contributed by atoms with E-state index in [2.05, 4.69) is 0 Å². The van der Waals surface area contributed by atoms with E-state index in [4.69, 9.17) is 15.2 Å². The zero-order valence-corrected chi connectivity index (χ0v) is 10.9. The Morgan fingerprint density at radius 2 is 2.28 bits per heavy atom. The summed E-state index contributed by atoms with van der Waals surface area (Å²) in [5.41, 5.74) is 6.46. The first-order valence-electron chi connectivity index (χ1n) is 6.39. The lowest BCUT2D eigenvalue weighted by Crippen LogP contribution is -2.18. The topological polar surface area (TPSA) is 44.5 Å². The van der Waals surface area contributed by atoms with Crippen molar-refractivity contribution >= 4 is 0 Å². The molecule has 0 aromatic heterocycles. The van der Waals surface area contributed by atoms with Crippen LogP contribution in [0.2, 0.25) is 0 Å². The van der Waals surface area contributed by atoms with E-state index in [0.29, 0.717) is 6.61 Å². The van der Waals surface area contributed by atoms with E-state index in [-0.39, 0.29) is 29.8 Å². The molecule has 4 heteroatoms. The van der Waals surface area contributed by atoms with E-state index < -0.39 is 0 Å². The maximum Gasteiger partial charge on any atom is 0.165 e. The highest BCUT2D eigenvalue weighted by Gasteiger charge is 2.22. The van der Waals surface area contributed by atoms with E-state index in [1.54, 1.807) is 12.1 Å². The highest BCUT2D eigenvalue weighted by Crippen LogP contribution is 2.24. The van der Waals surface area contributed by atoms with Crippen LogP contribution >= 0.6 is 0 Å². The molecule has 3 atom stereocenters. The summed E-state index contributed by atoms with van der Waals surface area (Å²) in [6.45, 7) is 4.26. The quantitative estimate of drug-likeness (QED) is 0.897. The third-order valence-electron chi connectivity index (χ3n) is 3.23. The molecule has 0 spiro atoms. The third kappa shape index (κ3) is 3.21. The van der Waals surface area contributed by atoms with Crippen molar-refractivity contribution in [3.8, 4) is 5.75 Å². The van der Waals surface area contributed by atoms with Gasteiger partial charge in [-0.3, -0.25) is 0 Å². The smallest absolute Gasteiger partial charge is 0.165 e. The van der Waals surface area contributed by atoms with Gasteiger partial charge in [-0.15, -0.1) is 0 Å². The number of hydrogen-bond donors (Lipinski definition) is 1. The Morgan fingerprint density at radius 1 is 1.50 bits per heavy atom. The van der Waals surface area contributed by atoms with Gasteiger partial charge in [-0.05, 0) is 44.4 Å². The Labute approximate surface area is 107 Å². The molecule has 1 heterocycles. The van der Waals surface area contributed by atoms with Gasteiger partial charge in [0.2, 0.25) is 0 Å². The van der Waals surface area contributed by atoms with E-state index in [0.717, 1.165) is 18.4 Å². The summed E-state index contributed by atoms with van der Waals surface area (Å²) in [7, 11) is 0. The maximum atomic E-state index is 13.7. The Kier molecular flexibility index (Phi) is 4.19. The fourth-order valence-electron chi connectivity index (χ4n) is 2.11. The number of rotatable bonds is 4. The molecule has 2 rings (SSSR count). The SMILES string of the molecule is CC1CCC(COc2ccc(C(C)N)cc2F)O1. The van der Waals surface area contributed by atoms with Gasteiger partial charge in [0.05, 0.1) is 12.2 Å². The van der Waals surface area contributed by atoms with Gasteiger partial charge in [0, 0.05) is 6.04 Å². The molecular formula is C14H20FNO2. The van der Waals surface area contributed by atoms with Gasteiger partial charge in [-0.25, -0.2) is 4.39 Å². The van der Waals surface area contributed by atoms with Crippen molar-refractivity contribution in [1.82, 2.24) is 0 Å². The van der Waals surface area contributed by atoms with Crippen LogP contribution in [0.3, 0.4) is 0 Å². The van der Waals surface area contributed by atoms with Gasteiger partial charge < -0.3 is 15.2 Å². The van der Waals surface area contributed by atoms with E-state index in [1.165, 1.54) is 6.07 Å². The molecule has 0 radical (unpaired) electrons. The summed E-state index contributed by atoms with van der Waals surface area (Å²) in [6.07, 6.45) is 2.37. The van der Waals surface area contributed by atoms with Crippen LogP contribution in [-0.4, -0.2) is 18.8 Å². The minimum Gasteiger partial charge on any atom is -0.488 e. The summed E-state index contributed by atoms with van der Waals surface area (Å²) < 4.78 is 24.8. The fraction of sp³-hybridized carbons (Fsp3) is 0.571. The highest BCUT2D eigenvalue weighted by atomic mass is 19.1. The molecule has 3 nitrogen and oxygen atoms in total. The fourth-order valence-corrected chi connectivity index (χ4v) is 2.11. The van der Waals surface area contributed by atoms with Gasteiger partial charge >= 0.3 is 0 Å². The summed E-state index contributed by atoms with van der Waals surface area (Å²) in [5, 5.41) is 0. The molecule has 0 aliphatic carbocycles. The predicted octanol–water partition coefficient (Wildman–Crippen LogP) is 2.79. The average molecular weight is 253 g/mol. The third-order valence-corrected chi connectivity index (χ3v) is 3.23. The molecule has 1 aliphatic heterocycles. The molecule has 1 fully saturated rings. The molecule has 1 aliphatic rings. The summed E-state index contributed by atoms with van der Waals surface area (Å²) in [4.78, 5) is 0. The van der Waals surface area contributed by atoms with Gasteiger partial charge in [0.25, 0.3) is 0 Å². The van der Waals surface area contributed by atoms with Crippen molar-refractivity contribution in [2.75, 3.05) is 6.61 Å². The molecule has 18 heavy (non-hydrogen) atoms. The number of halogens is 1. The first-order valence-corrected chi connectivity index (χ1v) is 6.39. The Bertz CT molecular complexity index is 409. The van der Waals surface area contributed by atoms with Crippen molar-refractivity contribution in [3.05, 3.63) is 29.6 Å². The lowest BCUT2D eigenvalue weighted by Gasteiger charge is -2.14. The van der Waals surface area contributed by atoms with Crippen LogP contribution in [0.1, 0.15) is 38.3 Å². The zero-order valence-electron chi connectivity index (χ0n) is 10.9. The largest absolute Gasteiger partial charge is 0.488 e. The molecule has 2 N–H and O–H groups in total. The predicted molar refractivity (Wildman–Crippen MR) is 68.1 cm³/mol. The number of hydrogen-bond acceptors (Lipinski definition) is 3. The lowest BCUT2D eigenvalue weighted by molar-refractivity contribution is 0.0256. The van der Waals surface area contributed by atoms with E-state index in [1.807, 2.05) is 13.8 Å². The first kappa shape index (κ1) is 13.3. The molecular weight excluding hydrogens is 233 g/mol. The highest BCUT2D eigenvalue weighted by molar-refractivity contribution is 5.30. The van der Waals surface area contributed by atoms with Gasteiger partial charge in [0.15, 0.2) is 11.6 Å². The molecule has 100 valence electrons. The molecule has 0 amide bonds. The van der Waals surface area contributed by atoms with Crippen LogP contribution < -0.4 is 10.5 Å². The summed E-state index contributed by atoms with van der Waals surface area (Å²) in [5.74, 6) is -0.0987. The second-order valence-electron chi connectivity index (χ2n) is 4.94. The second-order valence-corrected chi connectivity index (χ2v) is 4.94. The van der Waals surface area contributed by atoms with Gasteiger partial charge in [-0.2, -0.15) is 0 Å². The van der Waals surface area contributed by atoms with Crippen molar-refractivity contribution in [2.45, 2.75) is 44.9 Å². The Hall–Kier alpha value is -1.13. The Morgan fingerprint density at radius 3 is 2.83 bits per heavy atom. The van der Waals surface area contributed by atoms with Crippen LogP contribution in [0.15, 0.2) is 18.2 Å². The minimum absolute atomic E-state index is 0.0764. The Balaban J connectivity index is 1.93. The van der Waals surface area contributed by atoms with Gasteiger partial charge in [-0.1, -0.05) is 6.07 Å². The van der Waals surface area contributed by atoms with Crippen molar-refractivity contribution < 1.29 is 13.9 Å². The van der Waals surface area contributed by atoms with Crippen LogP contribution in [0.25, 0.3) is 0 Å². The molecule has 1 aromatic carbocycles. The van der Waals surface area contributed by atoms with Crippen molar-refractivity contribution in [3.63, 3.8) is 0 Å². The van der Waals surface area contributed by atoms with E-state index >= 15 is 0 Å². The summed E-state index contributed by atoms with van der Waals surface area (Å²) >= 11 is 0. The summed E-state index contributed by atoms with van der Waals surface area (Å²) in [6, 6.07) is 4.68. The van der Waals surface area contributed by atoms with Gasteiger partial charge in [0.1, 0.15) is 6.61 Å². The van der Waals surface area contributed by atoms with Crippen LogP contribution in [0.4, 0.5) is 4.39 Å². The standard InChI is InChI=1S/C14H20FNO2/c1-9-3-5-12(18-9)8-17-14-6-4-11(10(2)16)7-13(14)15/h4,6-7,9-10,12H,3,5,8,16H2,1-2H3. The monoisotopic (exact) mass is 253 g/mol. The second kappa shape index (κ2) is 5.67. The lowest BCUT2D eigenvalue weighted by atomic mass is 10.1.